The van der Waals surface area contributed by atoms with Crippen LogP contribution < -0.4 is 5.32 Å². The third-order valence-electron chi connectivity index (χ3n) is 4.56. The van der Waals surface area contributed by atoms with Crippen LogP contribution in [0.25, 0.3) is 0 Å². The van der Waals surface area contributed by atoms with Crippen molar-refractivity contribution in [1.82, 2.24) is 5.32 Å². The molecule has 0 rings (SSSR count). The summed E-state index contributed by atoms with van der Waals surface area (Å²) in [5.41, 5.74) is 0. The third kappa shape index (κ3) is 16.5. The number of thiol groups is 1. The number of rotatable bonds is 18. The largest absolute Gasteiger partial charge is 0.480 e. The zero-order chi connectivity index (χ0) is 18.8. The summed E-state index contributed by atoms with van der Waals surface area (Å²) in [7, 11) is 0. The zero-order valence-electron chi connectivity index (χ0n) is 16.1. The molecule has 0 fully saturated rings. The molecule has 1 atom stereocenters. The van der Waals surface area contributed by atoms with E-state index >= 15 is 0 Å². The smallest absolute Gasteiger partial charge is 0.326 e. The van der Waals surface area contributed by atoms with Gasteiger partial charge in [0, 0.05) is 6.42 Å². The molecule has 0 spiro atoms. The van der Waals surface area contributed by atoms with E-state index in [2.05, 4.69) is 24.9 Å². The van der Waals surface area contributed by atoms with Gasteiger partial charge < -0.3 is 10.4 Å². The first-order chi connectivity index (χ1) is 12.1. The van der Waals surface area contributed by atoms with Crippen molar-refractivity contribution < 1.29 is 14.7 Å². The highest BCUT2D eigenvalue weighted by atomic mass is 32.1. The molecule has 0 aliphatic heterocycles. The summed E-state index contributed by atoms with van der Waals surface area (Å²) in [6.07, 6.45) is 17.3. The average molecular weight is 374 g/mol. The van der Waals surface area contributed by atoms with E-state index in [4.69, 9.17) is 5.11 Å². The number of aliphatic carboxylic acids is 1. The lowest BCUT2D eigenvalue weighted by Gasteiger charge is -2.13. The standard InChI is InChI=1S/C20H39NO3S/c1-2-3-4-5-6-7-8-9-10-11-12-13-14-15-19(22)21-18(16-17-25)20(23)24/h18,25H,2-17H2,1H3,(H,21,22)(H,23,24)/t18-/m0/s1. The van der Waals surface area contributed by atoms with Crippen LogP contribution in [0.15, 0.2) is 0 Å². The Hall–Kier alpha value is -0.710. The second kappa shape index (κ2) is 18.1. The summed E-state index contributed by atoms with van der Waals surface area (Å²) >= 11 is 4.02. The van der Waals surface area contributed by atoms with Crippen molar-refractivity contribution in [2.24, 2.45) is 0 Å². The Balaban J connectivity index is 3.37. The number of amides is 1. The number of carboxylic acid groups (broad SMARTS) is 1. The maximum Gasteiger partial charge on any atom is 0.326 e. The van der Waals surface area contributed by atoms with Crippen LogP contribution in [0.2, 0.25) is 0 Å². The summed E-state index contributed by atoms with van der Waals surface area (Å²) in [5, 5.41) is 11.6. The van der Waals surface area contributed by atoms with Gasteiger partial charge in [-0.1, -0.05) is 84.0 Å². The van der Waals surface area contributed by atoms with Crippen LogP contribution in [0, 0.1) is 0 Å². The number of hydrogen-bond acceptors (Lipinski definition) is 3. The van der Waals surface area contributed by atoms with Crippen molar-refractivity contribution in [1.29, 1.82) is 0 Å². The highest BCUT2D eigenvalue weighted by molar-refractivity contribution is 7.80. The molecule has 4 nitrogen and oxygen atoms in total. The van der Waals surface area contributed by atoms with E-state index in [9.17, 15) is 9.59 Å². The number of carbonyl (C=O) groups is 2. The summed E-state index contributed by atoms with van der Waals surface area (Å²) < 4.78 is 0. The molecular formula is C20H39NO3S. The average Bonchev–Trinajstić information content (AvgIpc) is 2.58. The van der Waals surface area contributed by atoms with E-state index in [-0.39, 0.29) is 5.91 Å². The van der Waals surface area contributed by atoms with Gasteiger partial charge in [0.1, 0.15) is 6.04 Å². The van der Waals surface area contributed by atoms with Gasteiger partial charge in [0.2, 0.25) is 5.91 Å². The quantitative estimate of drug-likeness (QED) is 0.224. The predicted molar refractivity (Wildman–Crippen MR) is 108 cm³/mol. The highest BCUT2D eigenvalue weighted by Gasteiger charge is 2.18. The van der Waals surface area contributed by atoms with Crippen molar-refractivity contribution in [3.63, 3.8) is 0 Å². The Labute approximate surface area is 159 Å². The van der Waals surface area contributed by atoms with Crippen LogP contribution in [0.3, 0.4) is 0 Å². The molecule has 0 aliphatic carbocycles. The maximum absolute atomic E-state index is 11.7. The lowest BCUT2D eigenvalue weighted by Crippen LogP contribution is -2.40. The van der Waals surface area contributed by atoms with E-state index < -0.39 is 12.0 Å². The number of nitrogens with one attached hydrogen (secondary N) is 1. The minimum Gasteiger partial charge on any atom is -0.480 e. The minimum absolute atomic E-state index is 0.155. The molecule has 0 aromatic carbocycles. The van der Waals surface area contributed by atoms with Crippen LogP contribution in [0.5, 0.6) is 0 Å². The first-order valence-electron chi connectivity index (χ1n) is 10.2. The van der Waals surface area contributed by atoms with E-state index in [1.165, 1.54) is 70.6 Å². The molecule has 148 valence electrons. The third-order valence-corrected chi connectivity index (χ3v) is 4.82. The van der Waals surface area contributed by atoms with Gasteiger partial charge in [-0.2, -0.15) is 12.6 Å². The van der Waals surface area contributed by atoms with Gasteiger partial charge in [-0.3, -0.25) is 4.79 Å². The van der Waals surface area contributed by atoms with Crippen molar-refractivity contribution in [2.75, 3.05) is 5.75 Å². The molecule has 0 aromatic heterocycles. The fourth-order valence-electron chi connectivity index (χ4n) is 2.96. The SMILES string of the molecule is CCCCCCCCCCCCCCCC(=O)N[C@@H](CCS)C(=O)O. The van der Waals surface area contributed by atoms with Crippen LogP contribution in [0.1, 0.15) is 103 Å². The Morgan fingerprint density at radius 3 is 1.68 bits per heavy atom. The number of carboxylic acids is 1. The fourth-order valence-corrected chi connectivity index (χ4v) is 3.21. The molecule has 1 amide bonds. The monoisotopic (exact) mass is 373 g/mol. The molecule has 0 saturated carbocycles. The van der Waals surface area contributed by atoms with Crippen molar-refractivity contribution in [3.8, 4) is 0 Å². The molecular weight excluding hydrogens is 334 g/mol. The predicted octanol–water partition coefficient (Wildman–Crippen LogP) is 5.36. The van der Waals surface area contributed by atoms with E-state index in [1.54, 1.807) is 0 Å². The van der Waals surface area contributed by atoms with Crippen molar-refractivity contribution in [2.45, 2.75) is 109 Å². The van der Waals surface area contributed by atoms with Gasteiger partial charge in [-0.15, -0.1) is 0 Å². The number of unbranched alkanes of at least 4 members (excludes halogenated alkanes) is 12. The molecule has 0 aromatic rings. The van der Waals surface area contributed by atoms with Gasteiger partial charge in [0.05, 0.1) is 0 Å². The molecule has 0 saturated heterocycles. The molecule has 0 radical (unpaired) electrons. The molecule has 5 heteroatoms. The second-order valence-corrected chi connectivity index (χ2v) is 7.41. The summed E-state index contributed by atoms with van der Waals surface area (Å²) in [6, 6.07) is -0.799. The molecule has 2 N–H and O–H groups in total. The molecule has 0 aliphatic rings. The minimum atomic E-state index is -0.979. The maximum atomic E-state index is 11.7. The van der Waals surface area contributed by atoms with Crippen LogP contribution in [-0.4, -0.2) is 28.8 Å². The number of hydrogen-bond donors (Lipinski definition) is 3. The molecule has 0 bridgehead atoms. The zero-order valence-corrected chi connectivity index (χ0v) is 17.0. The van der Waals surface area contributed by atoms with Gasteiger partial charge in [0.25, 0.3) is 0 Å². The Bertz CT molecular complexity index is 337. The van der Waals surface area contributed by atoms with Crippen molar-refractivity contribution >= 4 is 24.5 Å². The Morgan fingerprint density at radius 1 is 0.840 bits per heavy atom. The summed E-state index contributed by atoms with van der Waals surface area (Å²) in [6.45, 7) is 2.25. The second-order valence-electron chi connectivity index (χ2n) is 6.96. The van der Waals surface area contributed by atoms with Gasteiger partial charge in [-0.25, -0.2) is 4.79 Å². The van der Waals surface area contributed by atoms with Crippen LogP contribution in [0.4, 0.5) is 0 Å². The molecule has 0 heterocycles. The molecule has 25 heavy (non-hydrogen) atoms. The number of carbonyl (C=O) groups excluding carboxylic acids is 1. The summed E-state index contributed by atoms with van der Waals surface area (Å²) in [4.78, 5) is 22.7. The fraction of sp³-hybridized carbons (Fsp3) is 0.900. The lowest BCUT2D eigenvalue weighted by molar-refractivity contribution is -0.141. The van der Waals surface area contributed by atoms with Gasteiger partial charge >= 0.3 is 5.97 Å². The van der Waals surface area contributed by atoms with Gasteiger partial charge in [-0.05, 0) is 18.6 Å². The lowest BCUT2D eigenvalue weighted by atomic mass is 10.0. The first kappa shape index (κ1) is 24.3. The van der Waals surface area contributed by atoms with Gasteiger partial charge in [0.15, 0.2) is 0 Å². The molecule has 0 unspecified atom stereocenters. The highest BCUT2D eigenvalue weighted by Crippen LogP contribution is 2.13. The van der Waals surface area contributed by atoms with Crippen LogP contribution in [-0.2, 0) is 9.59 Å². The summed E-state index contributed by atoms with van der Waals surface area (Å²) in [5.74, 6) is -0.680. The van der Waals surface area contributed by atoms with Crippen molar-refractivity contribution in [3.05, 3.63) is 0 Å². The Morgan fingerprint density at radius 2 is 1.28 bits per heavy atom. The topological polar surface area (TPSA) is 66.4 Å². The van der Waals surface area contributed by atoms with E-state index in [1.807, 2.05) is 0 Å². The van der Waals surface area contributed by atoms with E-state index in [0.717, 1.165) is 12.8 Å². The first-order valence-corrected chi connectivity index (χ1v) is 10.9. The van der Waals surface area contributed by atoms with Crippen LogP contribution >= 0.6 is 12.6 Å². The van der Waals surface area contributed by atoms with E-state index in [0.29, 0.717) is 18.6 Å². The normalized spacial score (nSPS) is 12.1. The Kier molecular flexibility index (Phi) is 17.6.